The lowest BCUT2D eigenvalue weighted by Gasteiger charge is -2.34. The highest BCUT2D eigenvalue weighted by Crippen LogP contribution is 2.22. The van der Waals surface area contributed by atoms with Crippen LogP contribution >= 0.6 is 0 Å². The Balaban J connectivity index is 2.18. The highest BCUT2D eigenvalue weighted by molar-refractivity contribution is 4.67. The van der Waals surface area contributed by atoms with Crippen LogP contribution in [0.2, 0.25) is 0 Å². The van der Waals surface area contributed by atoms with Gasteiger partial charge in [0.25, 0.3) is 0 Å². The summed E-state index contributed by atoms with van der Waals surface area (Å²) in [4.78, 5) is 0. The zero-order valence-corrected chi connectivity index (χ0v) is 8.01. The standard InChI is InChI=1S/C9H19NO2/c1-9(2)11-6-8(7-12-9)4-3-5-10/h8H,3-7,10H2,1-2H3. The Morgan fingerprint density at radius 3 is 2.42 bits per heavy atom. The third kappa shape index (κ3) is 3.09. The largest absolute Gasteiger partial charge is 0.350 e. The number of ether oxygens (including phenoxy) is 2. The molecule has 0 atom stereocenters. The average Bonchev–Trinajstić information content (AvgIpc) is 2.03. The minimum atomic E-state index is -0.376. The summed E-state index contributed by atoms with van der Waals surface area (Å²) in [6.45, 7) is 6.29. The zero-order valence-electron chi connectivity index (χ0n) is 8.01. The van der Waals surface area contributed by atoms with Gasteiger partial charge in [0.05, 0.1) is 13.2 Å². The molecular formula is C9H19NO2. The van der Waals surface area contributed by atoms with Crippen LogP contribution in [-0.2, 0) is 9.47 Å². The first-order valence-electron chi connectivity index (χ1n) is 4.62. The van der Waals surface area contributed by atoms with Gasteiger partial charge in [-0.2, -0.15) is 0 Å². The Morgan fingerprint density at radius 1 is 1.33 bits per heavy atom. The molecule has 0 bridgehead atoms. The average molecular weight is 173 g/mol. The lowest BCUT2D eigenvalue weighted by Crippen LogP contribution is -2.39. The second-order valence-electron chi connectivity index (χ2n) is 3.82. The summed E-state index contributed by atoms with van der Waals surface area (Å²) >= 11 is 0. The third-order valence-corrected chi connectivity index (χ3v) is 2.15. The van der Waals surface area contributed by atoms with Gasteiger partial charge >= 0.3 is 0 Å². The Labute approximate surface area is 74.2 Å². The zero-order chi connectivity index (χ0) is 9.03. The Hall–Kier alpha value is -0.120. The van der Waals surface area contributed by atoms with E-state index >= 15 is 0 Å². The molecule has 0 saturated carbocycles. The van der Waals surface area contributed by atoms with Crippen molar-refractivity contribution in [3.8, 4) is 0 Å². The number of hydrogen-bond acceptors (Lipinski definition) is 3. The van der Waals surface area contributed by atoms with Crippen molar-refractivity contribution < 1.29 is 9.47 Å². The van der Waals surface area contributed by atoms with Crippen molar-refractivity contribution in [2.45, 2.75) is 32.5 Å². The number of nitrogens with two attached hydrogens (primary N) is 1. The summed E-state index contributed by atoms with van der Waals surface area (Å²) < 4.78 is 11.0. The third-order valence-electron chi connectivity index (χ3n) is 2.15. The lowest BCUT2D eigenvalue weighted by atomic mass is 10.0. The van der Waals surface area contributed by atoms with Crippen molar-refractivity contribution in [1.82, 2.24) is 0 Å². The van der Waals surface area contributed by atoms with Crippen molar-refractivity contribution in [2.75, 3.05) is 19.8 Å². The Bertz CT molecular complexity index is 126. The van der Waals surface area contributed by atoms with Crippen LogP contribution in [0.25, 0.3) is 0 Å². The van der Waals surface area contributed by atoms with E-state index in [1.54, 1.807) is 0 Å². The molecule has 2 N–H and O–H groups in total. The van der Waals surface area contributed by atoms with Gasteiger partial charge in [-0.15, -0.1) is 0 Å². The molecule has 3 heteroatoms. The van der Waals surface area contributed by atoms with Crippen LogP contribution in [0.5, 0.6) is 0 Å². The molecule has 0 aromatic heterocycles. The van der Waals surface area contributed by atoms with E-state index in [1.807, 2.05) is 13.8 Å². The van der Waals surface area contributed by atoms with E-state index in [1.165, 1.54) is 0 Å². The van der Waals surface area contributed by atoms with Crippen LogP contribution in [-0.4, -0.2) is 25.5 Å². The lowest BCUT2D eigenvalue weighted by molar-refractivity contribution is -0.262. The fourth-order valence-electron chi connectivity index (χ4n) is 1.30. The van der Waals surface area contributed by atoms with Crippen molar-refractivity contribution in [3.63, 3.8) is 0 Å². The summed E-state index contributed by atoms with van der Waals surface area (Å²) in [5.41, 5.74) is 5.42. The predicted molar refractivity (Wildman–Crippen MR) is 47.8 cm³/mol. The monoisotopic (exact) mass is 173 g/mol. The first-order chi connectivity index (χ1) is 5.64. The minimum Gasteiger partial charge on any atom is -0.350 e. The topological polar surface area (TPSA) is 44.5 Å². The molecular weight excluding hydrogens is 154 g/mol. The maximum absolute atomic E-state index is 5.51. The van der Waals surface area contributed by atoms with Crippen molar-refractivity contribution >= 4 is 0 Å². The van der Waals surface area contributed by atoms with Gasteiger partial charge in [-0.25, -0.2) is 0 Å². The number of rotatable bonds is 3. The quantitative estimate of drug-likeness (QED) is 0.695. The minimum absolute atomic E-state index is 0.376. The van der Waals surface area contributed by atoms with Crippen LogP contribution in [0.4, 0.5) is 0 Å². The molecule has 0 unspecified atom stereocenters. The smallest absolute Gasteiger partial charge is 0.162 e. The van der Waals surface area contributed by atoms with Crippen LogP contribution in [0.3, 0.4) is 0 Å². The van der Waals surface area contributed by atoms with Crippen molar-refractivity contribution in [2.24, 2.45) is 11.7 Å². The van der Waals surface area contributed by atoms with E-state index < -0.39 is 0 Å². The second-order valence-corrected chi connectivity index (χ2v) is 3.82. The van der Waals surface area contributed by atoms with Crippen LogP contribution in [0.15, 0.2) is 0 Å². The van der Waals surface area contributed by atoms with E-state index in [4.69, 9.17) is 15.2 Å². The molecule has 3 nitrogen and oxygen atoms in total. The molecule has 0 aromatic carbocycles. The van der Waals surface area contributed by atoms with Gasteiger partial charge in [-0.1, -0.05) is 0 Å². The molecule has 0 radical (unpaired) electrons. The first kappa shape index (κ1) is 9.96. The molecule has 1 saturated heterocycles. The Morgan fingerprint density at radius 2 is 1.92 bits per heavy atom. The predicted octanol–water partition coefficient (Wildman–Crippen LogP) is 1.12. The maximum atomic E-state index is 5.51. The van der Waals surface area contributed by atoms with E-state index in [2.05, 4.69) is 0 Å². The molecule has 1 aliphatic heterocycles. The van der Waals surface area contributed by atoms with Gasteiger partial charge in [0.15, 0.2) is 5.79 Å². The fraction of sp³-hybridized carbons (Fsp3) is 1.00. The molecule has 1 heterocycles. The maximum Gasteiger partial charge on any atom is 0.162 e. The first-order valence-corrected chi connectivity index (χ1v) is 4.62. The summed E-state index contributed by atoms with van der Waals surface area (Å²) in [7, 11) is 0. The number of hydrogen-bond donors (Lipinski definition) is 1. The fourth-order valence-corrected chi connectivity index (χ4v) is 1.30. The molecule has 0 aromatic rings. The van der Waals surface area contributed by atoms with Crippen LogP contribution < -0.4 is 5.73 Å². The SMILES string of the molecule is CC1(C)OCC(CCCN)CO1. The molecule has 0 spiro atoms. The van der Waals surface area contributed by atoms with Gasteiger partial charge < -0.3 is 15.2 Å². The van der Waals surface area contributed by atoms with E-state index in [-0.39, 0.29) is 5.79 Å². The summed E-state index contributed by atoms with van der Waals surface area (Å²) in [5.74, 6) is 0.167. The molecule has 72 valence electrons. The molecule has 0 amide bonds. The van der Waals surface area contributed by atoms with E-state index in [0.29, 0.717) is 5.92 Å². The van der Waals surface area contributed by atoms with Crippen molar-refractivity contribution in [3.05, 3.63) is 0 Å². The van der Waals surface area contributed by atoms with Crippen molar-refractivity contribution in [1.29, 1.82) is 0 Å². The van der Waals surface area contributed by atoms with Crippen LogP contribution in [0.1, 0.15) is 26.7 Å². The summed E-state index contributed by atoms with van der Waals surface area (Å²) in [5, 5.41) is 0. The highest BCUT2D eigenvalue weighted by Gasteiger charge is 2.27. The molecule has 1 fully saturated rings. The summed E-state index contributed by atoms with van der Waals surface area (Å²) in [6.07, 6.45) is 2.18. The van der Waals surface area contributed by atoms with Gasteiger partial charge in [-0.05, 0) is 33.2 Å². The van der Waals surface area contributed by atoms with Gasteiger partial charge in [-0.3, -0.25) is 0 Å². The van der Waals surface area contributed by atoms with E-state index in [9.17, 15) is 0 Å². The van der Waals surface area contributed by atoms with Gasteiger partial charge in [0.1, 0.15) is 0 Å². The molecule has 1 aliphatic rings. The second kappa shape index (κ2) is 4.21. The van der Waals surface area contributed by atoms with Gasteiger partial charge in [0, 0.05) is 5.92 Å². The summed E-state index contributed by atoms with van der Waals surface area (Å²) in [6, 6.07) is 0. The van der Waals surface area contributed by atoms with Crippen LogP contribution in [0, 0.1) is 5.92 Å². The molecule has 12 heavy (non-hydrogen) atoms. The molecule has 0 aliphatic carbocycles. The molecule has 1 rings (SSSR count). The highest BCUT2D eigenvalue weighted by atomic mass is 16.7. The Kier molecular flexibility index (Phi) is 3.50. The normalized spacial score (nSPS) is 24.2. The van der Waals surface area contributed by atoms with E-state index in [0.717, 1.165) is 32.6 Å². The van der Waals surface area contributed by atoms with Gasteiger partial charge in [0.2, 0.25) is 0 Å².